The molecule has 1 aliphatic carbocycles. The highest BCUT2D eigenvalue weighted by molar-refractivity contribution is 7.20. The molecule has 0 aromatic carbocycles. The van der Waals surface area contributed by atoms with E-state index in [2.05, 4.69) is 10.3 Å². The number of carbonyl (C=O) groups is 1. The van der Waals surface area contributed by atoms with Crippen LogP contribution in [0.2, 0.25) is 0 Å². The van der Waals surface area contributed by atoms with Crippen molar-refractivity contribution in [3.63, 3.8) is 0 Å². The van der Waals surface area contributed by atoms with Gasteiger partial charge in [-0.1, -0.05) is 18.9 Å². The van der Waals surface area contributed by atoms with Gasteiger partial charge >= 0.3 is 0 Å². The number of nitrogens with one attached hydrogen (secondary N) is 1. The molecule has 4 nitrogen and oxygen atoms in total. The van der Waals surface area contributed by atoms with E-state index in [1.165, 1.54) is 24.2 Å². The fourth-order valence-corrected chi connectivity index (χ4v) is 5.07. The molecular weight excluding hydrogens is 316 g/mol. The van der Waals surface area contributed by atoms with Crippen molar-refractivity contribution >= 4 is 28.6 Å². The van der Waals surface area contributed by atoms with Gasteiger partial charge in [0, 0.05) is 5.38 Å². The number of nitrogens with zero attached hydrogens (tertiary/aromatic N) is 1. The molecular formula is C16H18N2O2S2. The number of ether oxygens (including phenoxy) is 1. The van der Waals surface area contributed by atoms with E-state index in [0.717, 1.165) is 29.1 Å². The van der Waals surface area contributed by atoms with Crippen molar-refractivity contribution in [3.8, 4) is 9.88 Å². The van der Waals surface area contributed by atoms with Gasteiger partial charge in [-0.15, -0.1) is 22.7 Å². The molecule has 1 saturated heterocycles. The molecule has 2 aromatic heterocycles. The third-order valence-corrected chi connectivity index (χ3v) is 6.41. The topological polar surface area (TPSA) is 51.2 Å². The van der Waals surface area contributed by atoms with Gasteiger partial charge in [0.1, 0.15) is 10.7 Å². The van der Waals surface area contributed by atoms with Crippen LogP contribution < -0.4 is 5.32 Å². The fourth-order valence-electron chi connectivity index (χ4n) is 3.46. The van der Waals surface area contributed by atoms with Crippen LogP contribution >= 0.6 is 22.7 Å². The van der Waals surface area contributed by atoms with Crippen molar-refractivity contribution < 1.29 is 9.53 Å². The van der Waals surface area contributed by atoms with Gasteiger partial charge in [-0.3, -0.25) is 4.79 Å². The van der Waals surface area contributed by atoms with Crippen LogP contribution in [0.1, 0.15) is 42.6 Å². The molecule has 0 radical (unpaired) electrons. The minimum atomic E-state index is -0.0808. The fraction of sp³-hybridized carbons (Fsp3) is 0.500. The summed E-state index contributed by atoms with van der Waals surface area (Å²) in [5.74, 6) is -0.0808. The summed E-state index contributed by atoms with van der Waals surface area (Å²) in [7, 11) is 0. The molecule has 1 spiro atoms. The van der Waals surface area contributed by atoms with E-state index in [1.807, 2.05) is 22.9 Å². The first kappa shape index (κ1) is 14.4. The van der Waals surface area contributed by atoms with Crippen LogP contribution in [0.15, 0.2) is 22.9 Å². The van der Waals surface area contributed by atoms with Crippen LogP contribution in [-0.2, 0) is 4.74 Å². The zero-order valence-corrected chi connectivity index (χ0v) is 13.8. The highest BCUT2D eigenvalue weighted by Crippen LogP contribution is 2.40. The molecule has 1 atom stereocenters. The van der Waals surface area contributed by atoms with E-state index < -0.39 is 0 Å². The lowest BCUT2D eigenvalue weighted by atomic mass is 9.96. The van der Waals surface area contributed by atoms with E-state index >= 15 is 0 Å². The Bertz CT molecular complexity index is 660. The number of hydrogen-bond donors (Lipinski definition) is 1. The van der Waals surface area contributed by atoms with Crippen LogP contribution in [0, 0.1) is 0 Å². The molecule has 1 aliphatic heterocycles. The molecule has 1 unspecified atom stereocenters. The Balaban J connectivity index is 1.40. The lowest BCUT2D eigenvalue weighted by Gasteiger charge is -2.21. The molecule has 4 rings (SSSR count). The van der Waals surface area contributed by atoms with Crippen LogP contribution in [0.5, 0.6) is 0 Å². The minimum absolute atomic E-state index is 0.0438. The number of thiazole rings is 1. The summed E-state index contributed by atoms with van der Waals surface area (Å²) in [6.45, 7) is 0.633. The van der Waals surface area contributed by atoms with E-state index in [4.69, 9.17) is 4.74 Å². The van der Waals surface area contributed by atoms with Gasteiger partial charge in [-0.25, -0.2) is 4.98 Å². The zero-order chi connectivity index (χ0) is 15.0. The van der Waals surface area contributed by atoms with Crippen LogP contribution in [-0.4, -0.2) is 29.1 Å². The third-order valence-electron chi connectivity index (χ3n) is 4.53. The first-order valence-electron chi connectivity index (χ1n) is 7.68. The normalized spacial score (nSPS) is 23.2. The van der Waals surface area contributed by atoms with Crippen LogP contribution in [0.4, 0.5) is 0 Å². The summed E-state index contributed by atoms with van der Waals surface area (Å²) < 4.78 is 5.98. The van der Waals surface area contributed by atoms with Crippen LogP contribution in [0.3, 0.4) is 0 Å². The second kappa shape index (κ2) is 5.76. The molecule has 0 bridgehead atoms. The number of hydrogen-bond acceptors (Lipinski definition) is 5. The first-order chi connectivity index (χ1) is 10.7. The van der Waals surface area contributed by atoms with Crippen molar-refractivity contribution in [2.24, 2.45) is 0 Å². The molecule has 1 N–H and O–H groups in total. The monoisotopic (exact) mass is 334 g/mol. The molecule has 2 aromatic rings. The molecule has 2 fully saturated rings. The number of rotatable bonds is 3. The summed E-state index contributed by atoms with van der Waals surface area (Å²) in [4.78, 5) is 17.9. The van der Waals surface area contributed by atoms with Crippen molar-refractivity contribution in [1.29, 1.82) is 0 Å². The smallest absolute Gasteiger partial charge is 0.271 e. The Morgan fingerprint density at radius 3 is 3.00 bits per heavy atom. The highest BCUT2D eigenvalue weighted by atomic mass is 32.1. The van der Waals surface area contributed by atoms with E-state index in [9.17, 15) is 4.79 Å². The maximum Gasteiger partial charge on any atom is 0.271 e. The minimum Gasteiger partial charge on any atom is -0.373 e. The first-order valence-corrected chi connectivity index (χ1v) is 9.44. The van der Waals surface area contributed by atoms with E-state index in [0.29, 0.717) is 12.3 Å². The predicted octanol–water partition coefficient (Wildman–Crippen LogP) is 3.70. The average molecular weight is 334 g/mol. The molecule has 2 aliphatic rings. The number of amides is 1. The van der Waals surface area contributed by atoms with Crippen LogP contribution in [0.25, 0.3) is 9.88 Å². The van der Waals surface area contributed by atoms with Gasteiger partial charge in [0.2, 0.25) is 0 Å². The summed E-state index contributed by atoms with van der Waals surface area (Å²) in [6.07, 6.45) is 5.71. The van der Waals surface area contributed by atoms with Crippen molar-refractivity contribution in [1.82, 2.24) is 10.3 Å². The van der Waals surface area contributed by atoms with E-state index in [-0.39, 0.29) is 17.6 Å². The Labute approximate surface area is 137 Å². The average Bonchev–Trinajstić information content (AvgIpc) is 3.27. The van der Waals surface area contributed by atoms with E-state index in [1.54, 1.807) is 11.3 Å². The predicted molar refractivity (Wildman–Crippen MR) is 88.4 cm³/mol. The number of thiophene rings is 1. The van der Waals surface area contributed by atoms with Gasteiger partial charge in [0.15, 0.2) is 0 Å². The molecule has 1 amide bonds. The number of aromatic nitrogens is 1. The second-order valence-electron chi connectivity index (χ2n) is 6.09. The Morgan fingerprint density at radius 2 is 2.23 bits per heavy atom. The van der Waals surface area contributed by atoms with Gasteiger partial charge in [-0.05, 0) is 30.7 Å². The molecule has 22 heavy (non-hydrogen) atoms. The van der Waals surface area contributed by atoms with Gasteiger partial charge in [0.25, 0.3) is 5.91 Å². The lowest BCUT2D eigenvalue weighted by Crippen LogP contribution is -2.36. The molecule has 6 heteroatoms. The second-order valence-corrected chi connectivity index (χ2v) is 7.90. The van der Waals surface area contributed by atoms with Gasteiger partial charge < -0.3 is 10.1 Å². The maximum absolute atomic E-state index is 12.4. The third kappa shape index (κ3) is 2.71. The Kier molecular flexibility index (Phi) is 3.76. The summed E-state index contributed by atoms with van der Waals surface area (Å²) in [6, 6.07) is 4.15. The Morgan fingerprint density at radius 1 is 1.36 bits per heavy atom. The lowest BCUT2D eigenvalue weighted by molar-refractivity contribution is 0.00987. The summed E-state index contributed by atoms with van der Waals surface area (Å²) >= 11 is 3.16. The maximum atomic E-state index is 12.4. The SMILES string of the molecule is O=C(NC1COC2(CCCC2)C1)c1csc(-c2cccs2)n1. The number of carbonyl (C=O) groups excluding carboxylic acids is 1. The quantitative estimate of drug-likeness (QED) is 0.931. The van der Waals surface area contributed by atoms with Crippen molar-refractivity contribution in [2.75, 3.05) is 6.61 Å². The highest BCUT2D eigenvalue weighted by Gasteiger charge is 2.42. The summed E-state index contributed by atoms with van der Waals surface area (Å²) in [5, 5.41) is 7.86. The van der Waals surface area contributed by atoms with Crippen molar-refractivity contribution in [3.05, 3.63) is 28.6 Å². The summed E-state index contributed by atoms with van der Waals surface area (Å²) in [5.41, 5.74) is 0.558. The molecule has 3 heterocycles. The molecule has 1 saturated carbocycles. The molecule has 116 valence electrons. The Hall–Kier alpha value is -1.24. The standard InChI is InChI=1S/C16H18N2O2S2/c19-14(12-10-22-15(18-12)13-4-3-7-21-13)17-11-8-16(20-9-11)5-1-2-6-16/h3-4,7,10-11H,1-2,5-6,8-9H2,(H,17,19). The van der Waals surface area contributed by atoms with Crippen molar-refractivity contribution in [2.45, 2.75) is 43.7 Å². The van der Waals surface area contributed by atoms with Gasteiger partial charge in [0.05, 0.1) is 23.1 Å². The van der Waals surface area contributed by atoms with Gasteiger partial charge in [-0.2, -0.15) is 0 Å². The largest absolute Gasteiger partial charge is 0.373 e. The zero-order valence-electron chi connectivity index (χ0n) is 12.2.